The average Bonchev–Trinajstić information content (AvgIpc) is 1.94. The second kappa shape index (κ2) is 6.34. The predicted molar refractivity (Wildman–Crippen MR) is 53.7 cm³/mol. The van der Waals surface area contributed by atoms with Crippen molar-refractivity contribution in [3.8, 4) is 0 Å². The average molecular weight is 209 g/mol. The molecule has 1 N–H and O–H groups in total. The van der Waals surface area contributed by atoms with E-state index in [1.165, 1.54) is 6.26 Å². The minimum absolute atomic E-state index is 0.0202. The Morgan fingerprint density at radius 3 is 2.54 bits per heavy atom. The Kier molecular flexibility index (Phi) is 6.28. The van der Waals surface area contributed by atoms with E-state index < -0.39 is 9.84 Å². The molecule has 5 heteroatoms. The van der Waals surface area contributed by atoms with Crippen LogP contribution in [0.3, 0.4) is 0 Å². The monoisotopic (exact) mass is 209 g/mol. The molecule has 0 rings (SSSR count). The van der Waals surface area contributed by atoms with Crippen LogP contribution in [-0.4, -0.2) is 46.7 Å². The Morgan fingerprint density at radius 1 is 1.46 bits per heavy atom. The number of nitrogens with one attached hydrogen (secondary N) is 1. The van der Waals surface area contributed by atoms with E-state index in [0.29, 0.717) is 6.61 Å². The molecule has 4 nitrogen and oxygen atoms in total. The fourth-order valence-corrected chi connectivity index (χ4v) is 2.10. The number of methoxy groups -OCH3 is 1. The molecule has 0 bridgehead atoms. The van der Waals surface area contributed by atoms with Gasteiger partial charge in [0, 0.05) is 26.0 Å². The summed E-state index contributed by atoms with van der Waals surface area (Å²) in [6, 6.07) is 0.0202. The van der Waals surface area contributed by atoms with Gasteiger partial charge in [0.05, 0.1) is 5.75 Å². The Morgan fingerprint density at radius 2 is 2.08 bits per heavy atom. The molecule has 0 fully saturated rings. The number of ether oxygens (including phenoxy) is 1. The highest BCUT2D eigenvalue weighted by Gasteiger charge is 2.08. The van der Waals surface area contributed by atoms with Crippen LogP contribution in [0.15, 0.2) is 0 Å². The van der Waals surface area contributed by atoms with Gasteiger partial charge >= 0.3 is 0 Å². The molecular weight excluding hydrogens is 190 g/mol. The van der Waals surface area contributed by atoms with E-state index in [0.717, 1.165) is 13.0 Å². The van der Waals surface area contributed by atoms with Crippen LogP contribution >= 0.6 is 0 Å². The third kappa shape index (κ3) is 9.79. The fourth-order valence-electron chi connectivity index (χ4n) is 1.08. The van der Waals surface area contributed by atoms with Crippen LogP contribution in [0.2, 0.25) is 0 Å². The molecule has 1 unspecified atom stereocenters. The van der Waals surface area contributed by atoms with Gasteiger partial charge in [-0.1, -0.05) is 0 Å². The van der Waals surface area contributed by atoms with Crippen molar-refractivity contribution < 1.29 is 13.2 Å². The van der Waals surface area contributed by atoms with Gasteiger partial charge in [0.1, 0.15) is 9.84 Å². The van der Waals surface area contributed by atoms with Gasteiger partial charge in [0.15, 0.2) is 0 Å². The molecule has 0 saturated carbocycles. The quantitative estimate of drug-likeness (QED) is 0.602. The molecule has 0 aliphatic rings. The molecule has 80 valence electrons. The molecule has 0 aromatic rings. The largest absolute Gasteiger partial charge is 0.385 e. The Hall–Kier alpha value is -0.130. The highest BCUT2D eigenvalue weighted by Crippen LogP contribution is 1.90. The molecule has 0 spiro atoms. The molecule has 0 radical (unpaired) electrons. The van der Waals surface area contributed by atoms with Crippen LogP contribution in [0.4, 0.5) is 0 Å². The van der Waals surface area contributed by atoms with Crippen LogP contribution in [0.1, 0.15) is 13.3 Å². The lowest BCUT2D eigenvalue weighted by molar-refractivity contribution is 0.193. The summed E-state index contributed by atoms with van der Waals surface area (Å²) in [4.78, 5) is 0. The zero-order valence-electron chi connectivity index (χ0n) is 8.54. The van der Waals surface area contributed by atoms with E-state index in [1.807, 2.05) is 6.92 Å². The van der Waals surface area contributed by atoms with Gasteiger partial charge in [-0.15, -0.1) is 0 Å². The molecule has 0 aromatic heterocycles. The maximum Gasteiger partial charge on any atom is 0.148 e. The van der Waals surface area contributed by atoms with Crippen molar-refractivity contribution >= 4 is 9.84 Å². The molecule has 0 aliphatic heterocycles. The second-order valence-electron chi connectivity index (χ2n) is 3.29. The summed E-state index contributed by atoms with van der Waals surface area (Å²) in [5.74, 6) is 0.194. The van der Waals surface area contributed by atoms with E-state index in [-0.39, 0.29) is 11.8 Å². The zero-order chi connectivity index (χ0) is 10.3. The molecule has 0 heterocycles. The lowest BCUT2D eigenvalue weighted by Gasteiger charge is -2.11. The Labute approximate surface area is 80.6 Å². The third-order valence-corrected chi connectivity index (χ3v) is 2.68. The number of hydrogen-bond donors (Lipinski definition) is 1. The lowest BCUT2D eigenvalue weighted by Crippen LogP contribution is -2.33. The number of sulfone groups is 1. The van der Waals surface area contributed by atoms with Gasteiger partial charge in [0.25, 0.3) is 0 Å². The lowest BCUT2D eigenvalue weighted by atomic mass is 10.3. The topological polar surface area (TPSA) is 55.4 Å². The standard InChI is InChI=1S/C8H19NO3S/c1-8(7-13(3,10)11)9-5-4-6-12-2/h8-9H,4-7H2,1-3H3. The molecular formula is C8H19NO3S. The van der Waals surface area contributed by atoms with Crippen LogP contribution < -0.4 is 5.32 Å². The molecule has 0 amide bonds. The molecule has 13 heavy (non-hydrogen) atoms. The third-order valence-electron chi connectivity index (χ3n) is 1.57. The fraction of sp³-hybridized carbons (Fsp3) is 1.00. The normalized spacial score (nSPS) is 14.4. The van der Waals surface area contributed by atoms with Crippen molar-refractivity contribution in [2.75, 3.05) is 32.3 Å². The van der Waals surface area contributed by atoms with Crippen LogP contribution in [0, 0.1) is 0 Å². The predicted octanol–water partition coefficient (Wildman–Crippen LogP) is 0.0456. The van der Waals surface area contributed by atoms with Crippen molar-refractivity contribution in [3.05, 3.63) is 0 Å². The number of hydrogen-bond acceptors (Lipinski definition) is 4. The molecule has 0 aromatic carbocycles. The summed E-state index contributed by atoms with van der Waals surface area (Å²) in [7, 11) is -1.21. The van der Waals surface area contributed by atoms with Crippen molar-refractivity contribution in [1.82, 2.24) is 5.32 Å². The summed E-state index contributed by atoms with van der Waals surface area (Å²) >= 11 is 0. The van der Waals surface area contributed by atoms with E-state index in [2.05, 4.69) is 5.32 Å². The van der Waals surface area contributed by atoms with E-state index in [9.17, 15) is 8.42 Å². The molecule has 1 atom stereocenters. The minimum Gasteiger partial charge on any atom is -0.385 e. The van der Waals surface area contributed by atoms with Crippen molar-refractivity contribution in [1.29, 1.82) is 0 Å². The van der Waals surface area contributed by atoms with Gasteiger partial charge < -0.3 is 10.1 Å². The first-order chi connectivity index (χ1) is 5.95. The highest BCUT2D eigenvalue weighted by molar-refractivity contribution is 7.90. The number of rotatable bonds is 7. The van der Waals surface area contributed by atoms with E-state index in [1.54, 1.807) is 7.11 Å². The minimum atomic E-state index is -2.86. The second-order valence-corrected chi connectivity index (χ2v) is 5.48. The van der Waals surface area contributed by atoms with Gasteiger partial charge in [-0.05, 0) is 19.9 Å². The molecule has 0 saturated heterocycles. The van der Waals surface area contributed by atoms with Crippen LogP contribution in [-0.2, 0) is 14.6 Å². The summed E-state index contributed by atoms with van der Waals surface area (Å²) < 4.78 is 26.6. The first kappa shape index (κ1) is 12.9. The Balaban J connectivity index is 3.47. The maximum absolute atomic E-state index is 10.9. The first-order valence-corrected chi connectivity index (χ1v) is 6.42. The first-order valence-electron chi connectivity index (χ1n) is 4.36. The van der Waals surface area contributed by atoms with Crippen molar-refractivity contribution in [2.24, 2.45) is 0 Å². The van der Waals surface area contributed by atoms with E-state index in [4.69, 9.17) is 4.74 Å². The summed E-state index contributed by atoms with van der Waals surface area (Å²) in [5.41, 5.74) is 0. The van der Waals surface area contributed by atoms with Crippen molar-refractivity contribution in [3.63, 3.8) is 0 Å². The van der Waals surface area contributed by atoms with Crippen molar-refractivity contribution in [2.45, 2.75) is 19.4 Å². The molecule has 0 aliphatic carbocycles. The van der Waals surface area contributed by atoms with E-state index >= 15 is 0 Å². The smallest absolute Gasteiger partial charge is 0.148 e. The van der Waals surface area contributed by atoms with Crippen LogP contribution in [0.5, 0.6) is 0 Å². The van der Waals surface area contributed by atoms with Crippen LogP contribution in [0.25, 0.3) is 0 Å². The van der Waals surface area contributed by atoms with Gasteiger partial charge in [-0.2, -0.15) is 0 Å². The van der Waals surface area contributed by atoms with Gasteiger partial charge in [0.2, 0.25) is 0 Å². The summed E-state index contributed by atoms with van der Waals surface area (Å²) in [6.07, 6.45) is 2.16. The van der Waals surface area contributed by atoms with Gasteiger partial charge in [-0.3, -0.25) is 0 Å². The SMILES string of the molecule is COCCCNC(C)CS(C)(=O)=O. The maximum atomic E-state index is 10.9. The Bertz CT molecular complexity index is 213. The zero-order valence-corrected chi connectivity index (χ0v) is 9.36. The summed E-state index contributed by atoms with van der Waals surface area (Å²) in [5, 5.41) is 3.11. The highest BCUT2D eigenvalue weighted by atomic mass is 32.2. The van der Waals surface area contributed by atoms with Gasteiger partial charge in [-0.25, -0.2) is 8.42 Å². The summed E-state index contributed by atoms with van der Waals surface area (Å²) in [6.45, 7) is 3.37.